The second-order valence-electron chi connectivity index (χ2n) is 5.89. The maximum Gasteiger partial charge on any atom is 0.235 e. The van der Waals surface area contributed by atoms with E-state index >= 15 is 0 Å². The Morgan fingerprint density at radius 2 is 1.87 bits per heavy atom. The molecular formula is C19H20FNO2. The van der Waals surface area contributed by atoms with Gasteiger partial charge in [-0.1, -0.05) is 31.2 Å². The van der Waals surface area contributed by atoms with Crippen molar-refractivity contribution in [2.24, 2.45) is 0 Å². The molecule has 0 saturated heterocycles. The zero-order valence-electron chi connectivity index (χ0n) is 13.1. The second kappa shape index (κ2) is 6.41. The van der Waals surface area contributed by atoms with Gasteiger partial charge in [0.05, 0.1) is 17.7 Å². The molecule has 3 rings (SSSR count). The number of carbonyl (C=O) groups is 1. The van der Waals surface area contributed by atoms with Crippen LogP contribution in [0.3, 0.4) is 0 Å². The van der Waals surface area contributed by atoms with Crippen LogP contribution in [-0.2, 0) is 10.2 Å². The largest absolute Gasteiger partial charge is 0.491 e. The normalized spacial score (nSPS) is 15.0. The van der Waals surface area contributed by atoms with E-state index in [1.165, 1.54) is 12.1 Å². The molecule has 2 aromatic carbocycles. The number of benzene rings is 2. The van der Waals surface area contributed by atoms with Crippen molar-refractivity contribution in [2.75, 3.05) is 11.9 Å². The molecule has 2 aromatic rings. The number of amides is 1. The maximum absolute atomic E-state index is 13.1. The fourth-order valence-electron chi connectivity index (χ4n) is 2.69. The van der Waals surface area contributed by atoms with Gasteiger partial charge in [-0.15, -0.1) is 0 Å². The van der Waals surface area contributed by atoms with Gasteiger partial charge in [0.2, 0.25) is 5.91 Å². The van der Waals surface area contributed by atoms with Crippen LogP contribution >= 0.6 is 0 Å². The molecule has 1 aliphatic carbocycles. The zero-order chi connectivity index (χ0) is 16.3. The van der Waals surface area contributed by atoms with Crippen LogP contribution in [0.2, 0.25) is 0 Å². The molecule has 0 aliphatic heterocycles. The quantitative estimate of drug-likeness (QED) is 0.864. The van der Waals surface area contributed by atoms with Crippen LogP contribution in [0, 0.1) is 5.82 Å². The van der Waals surface area contributed by atoms with Gasteiger partial charge in [0.15, 0.2) is 0 Å². The van der Waals surface area contributed by atoms with Crippen LogP contribution in [0.25, 0.3) is 0 Å². The molecule has 1 saturated carbocycles. The number of anilines is 1. The fourth-order valence-corrected chi connectivity index (χ4v) is 2.69. The fraction of sp³-hybridized carbons (Fsp3) is 0.316. The molecule has 1 amide bonds. The van der Waals surface area contributed by atoms with Crippen LogP contribution in [0.1, 0.15) is 31.7 Å². The number of halogens is 1. The van der Waals surface area contributed by atoms with E-state index < -0.39 is 5.41 Å². The summed E-state index contributed by atoms with van der Waals surface area (Å²) in [5, 5.41) is 2.98. The number of rotatable bonds is 6. The Morgan fingerprint density at radius 1 is 1.17 bits per heavy atom. The summed E-state index contributed by atoms with van der Waals surface area (Å²) >= 11 is 0. The smallest absolute Gasteiger partial charge is 0.235 e. The van der Waals surface area contributed by atoms with Crippen molar-refractivity contribution in [3.8, 4) is 5.75 Å². The van der Waals surface area contributed by atoms with Gasteiger partial charge in [0, 0.05) is 0 Å². The second-order valence-corrected chi connectivity index (χ2v) is 5.89. The van der Waals surface area contributed by atoms with Crippen LogP contribution in [0.15, 0.2) is 48.5 Å². The van der Waals surface area contributed by atoms with Gasteiger partial charge < -0.3 is 10.1 Å². The number of ether oxygens (including phenoxy) is 1. The Labute approximate surface area is 135 Å². The summed E-state index contributed by atoms with van der Waals surface area (Å²) in [5.74, 6) is 0.331. The first-order chi connectivity index (χ1) is 11.2. The minimum Gasteiger partial charge on any atom is -0.491 e. The summed E-state index contributed by atoms with van der Waals surface area (Å²) in [4.78, 5) is 12.7. The van der Waals surface area contributed by atoms with E-state index in [9.17, 15) is 9.18 Å². The van der Waals surface area contributed by atoms with Gasteiger partial charge >= 0.3 is 0 Å². The topological polar surface area (TPSA) is 38.3 Å². The van der Waals surface area contributed by atoms with Crippen LogP contribution in [-0.4, -0.2) is 12.5 Å². The van der Waals surface area contributed by atoms with Crippen molar-refractivity contribution < 1.29 is 13.9 Å². The summed E-state index contributed by atoms with van der Waals surface area (Å²) in [5.41, 5.74) is 1.01. The minimum absolute atomic E-state index is 0.0587. The first-order valence-corrected chi connectivity index (χ1v) is 7.95. The number of para-hydroxylation sites is 2. The Hall–Kier alpha value is -2.36. The summed E-state index contributed by atoms with van der Waals surface area (Å²) in [6.07, 6.45) is 2.46. The van der Waals surface area contributed by atoms with Gasteiger partial charge in [-0.3, -0.25) is 4.79 Å². The van der Waals surface area contributed by atoms with Gasteiger partial charge in [0.25, 0.3) is 0 Å². The standard InChI is InChI=1S/C19H20FNO2/c1-2-13-23-17-6-4-3-5-16(17)21-18(22)19(11-12-19)14-7-9-15(20)10-8-14/h3-10H,2,11-13H2,1H3,(H,21,22). The highest BCUT2D eigenvalue weighted by Crippen LogP contribution is 2.49. The third-order valence-corrected chi connectivity index (χ3v) is 4.18. The molecule has 0 unspecified atom stereocenters. The van der Waals surface area contributed by atoms with Crippen molar-refractivity contribution in [1.29, 1.82) is 0 Å². The Balaban J connectivity index is 1.78. The summed E-state index contributed by atoms with van der Waals surface area (Å²) in [6, 6.07) is 13.6. The molecule has 0 spiro atoms. The lowest BCUT2D eigenvalue weighted by molar-refractivity contribution is -0.118. The molecule has 0 aromatic heterocycles. The van der Waals surface area contributed by atoms with Crippen molar-refractivity contribution in [1.82, 2.24) is 0 Å². The molecule has 1 fully saturated rings. The van der Waals surface area contributed by atoms with E-state index in [0.29, 0.717) is 18.0 Å². The first kappa shape index (κ1) is 15.5. The van der Waals surface area contributed by atoms with Gasteiger partial charge in [-0.05, 0) is 49.1 Å². The SMILES string of the molecule is CCCOc1ccccc1NC(=O)C1(c2ccc(F)cc2)CC1. The third-order valence-electron chi connectivity index (χ3n) is 4.18. The van der Waals surface area contributed by atoms with Gasteiger partial charge in [-0.2, -0.15) is 0 Å². The molecule has 1 aliphatic rings. The number of hydrogen-bond acceptors (Lipinski definition) is 2. The van der Waals surface area contributed by atoms with E-state index in [2.05, 4.69) is 5.32 Å². The molecular weight excluding hydrogens is 293 g/mol. The van der Waals surface area contributed by atoms with Crippen LogP contribution in [0.5, 0.6) is 5.75 Å². The molecule has 0 bridgehead atoms. The monoisotopic (exact) mass is 313 g/mol. The van der Waals surface area contributed by atoms with E-state index in [0.717, 1.165) is 24.8 Å². The van der Waals surface area contributed by atoms with E-state index in [1.54, 1.807) is 12.1 Å². The van der Waals surface area contributed by atoms with Crippen LogP contribution in [0.4, 0.5) is 10.1 Å². The van der Waals surface area contributed by atoms with Crippen molar-refractivity contribution in [3.05, 3.63) is 59.9 Å². The predicted octanol–water partition coefficient (Wildman–Crippen LogP) is 4.28. The highest BCUT2D eigenvalue weighted by molar-refractivity contribution is 6.02. The molecule has 3 nitrogen and oxygen atoms in total. The summed E-state index contributed by atoms with van der Waals surface area (Å²) in [7, 11) is 0. The lowest BCUT2D eigenvalue weighted by Gasteiger charge is -2.18. The molecule has 23 heavy (non-hydrogen) atoms. The van der Waals surface area contributed by atoms with Crippen molar-refractivity contribution in [2.45, 2.75) is 31.6 Å². The Morgan fingerprint density at radius 3 is 2.52 bits per heavy atom. The lowest BCUT2D eigenvalue weighted by Crippen LogP contribution is -2.28. The predicted molar refractivity (Wildman–Crippen MR) is 88.2 cm³/mol. The van der Waals surface area contributed by atoms with Crippen LogP contribution < -0.4 is 10.1 Å². The molecule has 0 atom stereocenters. The molecule has 0 radical (unpaired) electrons. The van der Waals surface area contributed by atoms with Gasteiger partial charge in [0.1, 0.15) is 11.6 Å². The average Bonchev–Trinajstić information content (AvgIpc) is 3.36. The molecule has 120 valence electrons. The number of hydrogen-bond donors (Lipinski definition) is 1. The third kappa shape index (κ3) is 3.21. The van der Waals surface area contributed by atoms with Gasteiger partial charge in [-0.25, -0.2) is 4.39 Å². The maximum atomic E-state index is 13.1. The Bertz CT molecular complexity index is 693. The number of nitrogens with one attached hydrogen (secondary N) is 1. The summed E-state index contributed by atoms with van der Waals surface area (Å²) in [6.45, 7) is 2.64. The molecule has 4 heteroatoms. The zero-order valence-corrected chi connectivity index (χ0v) is 13.1. The lowest BCUT2D eigenvalue weighted by atomic mass is 9.95. The Kier molecular flexibility index (Phi) is 4.33. The van der Waals surface area contributed by atoms with Crippen molar-refractivity contribution in [3.63, 3.8) is 0 Å². The van der Waals surface area contributed by atoms with E-state index in [-0.39, 0.29) is 11.7 Å². The highest BCUT2D eigenvalue weighted by Gasteiger charge is 2.51. The average molecular weight is 313 g/mol. The number of carbonyl (C=O) groups excluding carboxylic acids is 1. The first-order valence-electron chi connectivity index (χ1n) is 7.95. The molecule has 0 heterocycles. The molecule has 1 N–H and O–H groups in total. The summed E-state index contributed by atoms with van der Waals surface area (Å²) < 4.78 is 18.8. The van der Waals surface area contributed by atoms with E-state index in [1.807, 2.05) is 31.2 Å². The van der Waals surface area contributed by atoms with E-state index in [4.69, 9.17) is 4.74 Å². The minimum atomic E-state index is -0.536. The van der Waals surface area contributed by atoms with Crippen molar-refractivity contribution >= 4 is 11.6 Å². The highest BCUT2D eigenvalue weighted by atomic mass is 19.1.